The second-order valence-corrected chi connectivity index (χ2v) is 8.42. The summed E-state index contributed by atoms with van der Waals surface area (Å²) in [6, 6.07) is 8.14. The smallest absolute Gasteiger partial charge is 0.319 e. The monoisotopic (exact) mass is 511 g/mol. The molecule has 0 saturated carbocycles. The average Bonchev–Trinajstić information content (AvgIpc) is 3.28. The first kappa shape index (κ1) is 27.2. The first-order valence-electron chi connectivity index (χ1n) is 11.6. The van der Waals surface area contributed by atoms with Crippen LogP contribution in [0.1, 0.15) is 50.3 Å². The summed E-state index contributed by atoms with van der Waals surface area (Å²) < 4.78 is 81.9. The van der Waals surface area contributed by atoms with Gasteiger partial charge in [0, 0.05) is 36.3 Å². The molecule has 0 atom stereocenters. The van der Waals surface area contributed by atoms with E-state index in [9.17, 15) is 31.1 Å². The molecular formula is C26H27F6N3O. The molecule has 2 aromatic carbocycles. The minimum absolute atomic E-state index is 0.0259. The molecule has 0 radical (unpaired) electrons. The van der Waals surface area contributed by atoms with Gasteiger partial charge in [0.25, 0.3) is 0 Å². The van der Waals surface area contributed by atoms with E-state index in [4.69, 9.17) is 0 Å². The molecule has 0 aliphatic rings. The Bertz CT molecular complexity index is 1130. The van der Waals surface area contributed by atoms with Crippen molar-refractivity contribution in [3.05, 3.63) is 83.4 Å². The van der Waals surface area contributed by atoms with Gasteiger partial charge < -0.3 is 14.8 Å². The van der Waals surface area contributed by atoms with Crippen molar-refractivity contribution in [3.8, 4) is 5.69 Å². The summed E-state index contributed by atoms with van der Waals surface area (Å²) in [6.45, 7) is 2.37. The number of rotatable bonds is 10. The highest BCUT2D eigenvalue weighted by Crippen LogP contribution is 2.30. The molecule has 10 heteroatoms. The molecule has 0 spiro atoms. The molecule has 194 valence electrons. The second kappa shape index (κ2) is 12.0. The van der Waals surface area contributed by atoms with Gasteiger partial charge in [-0.2, -0.15) is 13.2 Å². The summed E-state index contributed by atoms with van der Waals surface area (Å²) in [5.41, 5.74) is -0.493. The van der Waals surface area contributed by atoms with Crippen molar-refractivity contribution in [1.82, 2.24) is 9.47 Å². The second-order valence-electron chi connectivity index (χ2n) is 8.42. The van der Waals surface area contributed by atoms with Gasteiger partial charge in [0.15, 0.2) is 11.6 Å². The number of nitrogens with one attached hydrogen (secondary N) is 1. The van der Waals surface area contributed by atoms with Crippen LogP contribution in [0.3, 0.4) is 0 Å². The average molecular weight is 512 g/mol. The highest BCUT2D eigenvalue weighted by molar-refractivity contribution is 5.89. The number of hydrogen-bond donors (Lipinski definition) is 1. The summed E-state index contributed by atoms with van der Waals surface area (Å²) in [7, 11) is 0. The van der Waals surface area contributed by atoms with Crippen LogP contribution >= 0.6 is 0 Å². The lowest BCUT2D eigenvalue weighted by molar-refractivity contribution is -0.137. The summed E-state index contributed by atoms with van der Waals surface area (Å²) in [4.78, 5) is 14.4. The number of unbranched alkanes of at least 4 members (excludes halogenated alkanes) is 4. The number of hydrogen-bond acceptors (Lipinski definition) is 1. The zero-order chi connectivity index (χ0) is 26.3. The van der Waals surface area contributed by atoms with Crippen LogP contribution in [0.2, 0.25) is 0 Å². The minimum atomic E-state index is -4.46. The van der Waals surface area contributed by atoms with Crippen molar-refractivity contribution in [1.29, 1.82) is 0 Å². The summed E-state index contributed by atoms with van der Waals surface area (Å²) >= 11 is 0. The Balaban J connectivity index is 1.81. The van der Waals surface area contributed by atoms with Crippen LogP contribution in [0, 0.1) is 17.5 Å². The number of carbonyl (C=O) groups excluding carboxylic acids is 1. The van der Waals surface area contributed by atoms with Crippen molar-refractivity contribution in [3.63, 3.8) is 0 Å². The largest absolute Gasteiger partial charge is 0.416 e. The quantitative estimate of drug-likeness (QED) is 0.218. The summed E-state index contributed by atoms with van der Waals surface area (Å²) in [5.74, 6) is -3.58. The van der Waals surface area contributed by atoms with Crippen molar-refractivity contribution in [2.24, 2.45) is 0 Å². The Kier molecular flexibility index (Phi) is 9.06. The number of amides is 2. The zero-order valence-electron chi connectivity index (χ0n) is 19.7. The highest BCUT2D eigenvalue weighted by Gasteiger charge is 2.30. The van der Waals surface area contributed by atoms with Crippen LogP contribution in [0.15, 0.2) is 54.7 Å². The first-order valence-corrected chi connectivity index (χ1v) is 11.6. The fourth-order valence-electron chi connectivity index (χ4n) is 3.81. The molecule has 1 aromatic heterocycles. The van der Waals surface area contributed by atoms with E-state index in [2.05, 4.69) is 12.2 Å². The number of alkyl halides is 3. The van der Waals surface area contributed by atoms with Gasteiger partial charge in [0.1, 0.15) is 11.5 Å². The Labute approximate surface area is 205 Å². The lowest BCUT2D eigenvalue weighted by atomic mass is 10.1. The maximum absolute atomic E-state index is 14.1. The standard InChI is InChI=1S/C26H27F6N3O/c1-2-3-4-5-6-13-34(25(36)33-24-22(28)15-19(27)16-23(24)29)17-21-8-7-14-35(21)20-11-9-18(10-12-20)26(30,31)32/h7-12,14-16H,2-6,13,17H2,1H3,(H,33,36). The van der Waals surface area contributed by atoms with E-state index in [0.29, 0.717) is 29.9 Å². The normalized spacial score (nSPS) is 11.5. The van der Waals surface area contributed by atoms with Crippen molar-refractivity contribution < 1.29 is 31.1 Å². The third-order valence-corrected chi connectivity index (χ3v) is 5.72. The van der Waals surface area contributed by atoms with Crippen LogP contribution in [0.5, 0.6) is 0 Å². The van der Waals surface area contributed by atoms with Gasteiger partial charge in [-0.25, -0.2) is 18.0 Å². The number of anilines is 1. The zero-order valence-corrected chi connectivity index (χ0v) is 19.7. The van der Waals surface area contributed by atoms with E-state index < -0.39 is 40.9 Å². The van der Waals surface area contributed by atoms with E-state index >= 15 is 0 Å². The Morgan fingerprint density at radius 1 is 0.944 bits per heavy atom. The molecule has 0 saturated heterocycles. The molecule has 3 aromatic rings. The third-order valence-electron chi connectivity index (χ3n) is 5.72. The molecule has 36 heavy (non-hydrogen) atoms. The van der Waals surface area contributed by atoms with Crippen molar-refractivity contribution >= 4 is 11.7 Å². The van der Waals surface area contributed by atoms with Crippen LogP contribution in [-0.4, -0.2) is 22.0 Å². The van der Waals surface area contributed by atoms with Gasteiger partial charge in [0.05, 0.1) is 12.1 Å². The number of urea groups is 1. The molecule has 0 aliphatic carbocycles. The molecule has 0 fully saturated rings. The third kappa shape index (κ3) is 7.05. The van der Waals surface area contributed by atoms with Gasteiger partial charge >= 0.3 is 12.2 Å². The van der Waals surface area contributed by atoms with Gasteiger partial charge in [0.2, 0.25) is 0 Å². The lowest BCUT2D eigenvalue weighted by Gasteiger charge is -2.24. The highest BCUT2D eigenvalue weighted by atomic mass is 19.4. The van der Waals surface area contributed by atoms with Gasteiger partial charge in [-0.15, -0.1) is 0 Å². The van der Waals surface area contributed by atoms with Crippen molar-refractivity contribution in [2.45, 2.75) is 51.7 Å². The van der Waals surface area contributed by atoms with Gasteiger partial charge in [-0.3, -0.25) is 0 Å². The van der Waals surface area contributed by atoms with Crippen LogP contribution in [-0.2, 0) is 12.7 Å². The lowest BCUT2D eigenvalue weighted by Crippen LogP contribution is -2.36. The predicted octanol–water partition coefficient (Wildman–Crippen LogP) is 7.92. The topological polar surface area (TPSA) is 37.3 Å². The van der Waals surface area contributed by atoms with E-state index in [1.165, 1.54) is 17.0 Å². The summed E-state index contributed by atoms with van der Waals surface area (Å²) in [6.07, 6.45) is 1.71. The molecule has 1 heterocycles. The first-order chi connectivity index (χ1) is 17.1. The minimum Gasteiger partial charge on any atom is -0.319 e. The maximum atomic E-state index is 14.1. The number of benzene rings is 2. The molecule has 3 rings (SSSR count). The van der Waals surface area contributed by atoms with E-state index in [-0.39, 0.29) is 13.1 Å². The molecule has 0 unspecified atom stereocenters. The number of aromatic nitrogens is 1. The molecule has 1 N–H and O–H groups in total. The number of halogens is 6. The maximum Gasteiger partial charge on any atom is 0.416 e. The van der Waals surface area contributed by atoms with E-state index in [0.717, 1.165) is 37.8 Å². The number of nitrogens with zero attached hydrogens (tertiary/aromatic N) is 2. The van der Waals surface area contributed by atoms with Crippen molar-refractivity contribution in [2.75, 3.05) is 11.9 Å². The predicted molar refractivity (Wildman–Crippen MR) is 125 cm³/mol. The molecule has 0 aliphatic heterocycles. The SMILES string of the molecule is CCCCCCCN(Cc1cccn1-c1ccc(C(F)(F)F)cc1)C(=O)Nc1c(F)cc(F)cc1F. The molecule has 2 amide bonds. The van der Waals surface area contributed by atoms with Gasteiger partial charge in [-0.1, -0.05) is 32.6 Å². The Hall–Kier alpha value is -3.43. The Morgan fingerprint density at radius 2 is 1.58 bits per heavy atom. The van der Waals surface area contributed by atoms with Crippen LogP contribution < -0.4 is 5.32 Å². The van der Waals surface area contributed by atoms with Crippen LogP contribution in [0.4, 0.5) is 36.8 Å². The molecule has 0 bridgehead atoms. The fraction of sp³-hybridized carbons (Fsp3) is 0.346. The van der Waals surface area contributed by atoms with Gasteiger partial charge in [-0.05, 0) is 42.8 Å². The van der Waals surface area contributed by atoms with Crippen LogP contribution in [0.25, 0.3) is 5.69 Å². The van der Waals surface area contributed by atoms with E-state index in [1.807, 2.05) is 0 Å². The van der Waals surface area contributed by atoms with E-state index in [1.54, 1.807) is 22.9 Å². The number of carbonyl (C=O) groups is 1. The molecule has 4 nitrogen and oxygen atoms in total. The molecular weight excluding hydrogens is 484 g/mol. The fourth-order valence-corrected chi connectivity index (χ4v) is 3.81. The summed E-state index contributed by atoms with van der Waals surface area (Å²) in [5, 5.41) is 2.19. The Morgan fingerprint density at radius 3 is 2.19 bits per heavy atom.